The van der Waals surface area contributed by atoms with E-state index >= 15 is 0 Å². The number of amides is 1. The van der Waals surface area contributed by atoms with Gasteiger partial charge in [0.05, 0.1) is 20.3 Å². The minimum Gasteiger partial charge on any atom is -0.493 e. The second-order valence-corrected chi connectivity index (χ2v) is 7.62. The van der Waals surface area contributed by atoms with Gasteiger partial charge in [0.25, 0.3) is 0 Å². The lowest BCUT2D eigenvalue weighted by atomic mass is 9.84. The normalized spacial score (nSPS) is 17.8. The molecule has 0 saturated carbocycles. The van der Waals surface area contributed by atoms with Crippen molar-refractivity contribution >= 4 is 5.91 Å². The van der Waals surface area contributed by atoms with Crippen molar-refractivity contribution in [3.8, 4) is 11.5 Å². The first-order valence-corrected chi connectivity index (χ1v) is 10.0. The predicted octanol–water partition coefficient (Wildman–Crippen LogP) is 5.00. The summed E-state index contributed by atoms with van der Waals surface area (Å²) in [6.07, 6.45) is 5.03. The highest BCUT2D eigenvalue weighted by Crippen LogP contribution is 2.41. The molecule has 0 saturated heterocycles. The lowest BCUT2D eigenvalue weighted by molar-refractivity contribution is -0.140. The maximum Gasteiger partial charge on any atom is 0.226 e. The van der Waals surface area contributed by atoms with Gasteiger partial charge in [-0.05, 0) is 48.4 Å². The Hall–Kier alpha value is -1.71. The Bertz CT molecular complexity index is 612. The van der Waals surface area contributed by atoms with Crippen molar-refractivity contribution < 1.29 is 14.3 Å². The van der Waals surface area contributed by atoms with E-state index in [9.17, 15) is 4.79 Å². The van der Waals surface area contributed by atoms with Crippen LogP contribution in [0.3, 0.4) is 0 Å². The van der Waals surface area contributed by atoms with Crippen LogP contribution >= 0.6 is 0 Å². The van der Waals surface area contributed by atoms with E-state index in [-0.39, 0.29) is 12.0 Å². The molecule has 0 spiro atoms. The molecule has 2 atom stereocenters. The van der Waals surface area contributed by atoms with Crippen molar-refractivity contribution in [2.75, 3.05) is 20.8 Å². The van der Waals surface area contributed by atoms with Gasteiger partial charge in [0.1, 0.15) is 0 Å². The second kappa shape index (κ2) is 9.29. The summed E-state index contributed by atoms with van der Waals surface area (Å²) in [6.45, 7) is 9.50. The number of carbonyl (C=O) groups excluding carboxylic acids is 1. The minimum atomic E-state index is 0.0988. The number of nitrogens with zero attached hydrogens (tertiary/aromatic N) is 1. The van der Waals surface area contributed by atoms with Gasteiger partial charge >= 0.3 is 0 Å². The van der Waals surface area contributed by atoms with E-state index in [0.717, 1.165) is 50.1 Å². The number of unbranched alkanes of at least 4 members (excludes halogenated alkanes) is 1. The first-order chi connectivity index (χ1) is 12.5. The topological polar surface area (TPSA) is 38.8 Å². The van der Waals surface area contributed by atoms with E-state index in [0.29, 0.717) is 11.8 Å². The molecule has 2 rings (SSSR count). The van der Waals surface area contributed by atoms with E-state index < -0.39 is 0 Å². The van der Waals surface area contributed by atoms with Crippen molar-refractivity contribution in [3.63, 3.8) is 0 Å². The van der Waals surface area contributed by atoms with Crippen molar-refractivity contribution in [2.45, 2.75) is 65.8 Å². The molecule has 0 bridgehead atoms. The molecular formula is C22H35NO3. The molecule has 0 N–H and O–H groups in total. The monoisotopic (exact) mass is 361 g/mol. The third kappa shape index (κ3) is 4.16. The summed E-state index contributed by atoms with van der Waals surface area (Å²) < 4.78 is 11.0. The van der Waals surface area contributed by atoms with Crippen LogP contribution in [0.1, 0.15) is 70.5 Å². The van der Waals surface area contributed by atoms with Gasteiger partial charge in [0.15, 0.2) is 11.5 Å². The fourth-order valence-electron chi connectivity index (χ4n) is 4.13. The standard InChI is InChI=1S/C22H35NO3/c1-7-9-10-16(8-2)22(24)23-12-11-17-13-19(25-5)20(26-6)14-18(17)21(23)15(3)4/h13-16,21H,7-12H2,1-6H3/t16-,21+/m1/s1. The lowest BCUT2D eigenvalue weighted by Gasteiger charge is -2.41. The van der Waals surface area contributed by atoms with Crippen LogP contribution in [0.2, 0.25) is 0 Å². The summed E-state index contributed by atoms with van der Waals surface area (Å²) in [4.78, 5) is 15.4. The third-order valence-electron chi connectivity index (χ3n) is 5.58. The maximum absolute atomic E-state index is 13.3. The highest BCUT2D eigenvalue weighted by atomic mass is 16.5. The molecule has 146 valence electrons. The van der Waals surface area contributed by atoms with Gasteiger partial charge in [-0.1, -0.05) is 40.5 Å². The summed E-state index contributed by atoms with van der Waals surface area (Å²) in [5.41, 5.74) is 2.48. The van der Waals surface area contributed by atoms with Crippen LogP contribution in [0.15, 0.2) is 12.1 Å². The van der Waals surface area contributed by atoms with Gasteiger partial charge in [-0.2, -0.15) is 0 Å². The predicted molar refractivity (Wildman–Crippen MR) is 106 cm³/mol. The van der Waals surface area contributed by atoms with Gasteiger partial charge in [0, 0.05) is 12.5 Å². The summed E-state index contributed by atoms with van der Waals surface area (Å²) in [7, 11) is 3.33. The van der Waals surface area contributed by atoms with Gasteiger partial charge in [-0.15, -0.1) is 0 Å². The largest absolute Gasteiger partial charge is 0.493 e. The van der Waals surface area contributed by atoms with Crippen LogP contribution < -0.4 is 9.47 Å². The average molecular weight is 362 g/mol. The van der Waals surface area contributed by atoms with Crippen molar-refractivity contribution in [3.05, 3.63) is 23.3 Å². The maximum atomic E-state index is 13.3. The first kappa shape index (κ1) is 20.6. The van der Waals surface area contributed by atoms with Crippen molar-refractivity contribution in [1.82, 2.24) is 4.90 Å². The van der Waals surface area contributed by atoms with E-state index in [1.165, 1.54) is 11.1 Å². The molecule has 0 fully saturated rings. The van der Waals surface area contributed by atoms with Crippen LogP contribution in [0.25, 0.3) is 0 Å². The number of carbonyl (C=O) groups is 1. The molecular weight excluding hydrogens is 326 g/mol. The summed E-state index contributed by atoms with van der Waals surface area (Å²) in [5, 5.41) is 0. The molecule has 4 heteroatoms. The van der Waals surface area contributed by atoms with Crippen LogP contribution in [-0.2, 0) is 11.2 Å². The zero-order valence-electron chi connectivity index (χ0n) is 17.3. The Morgan fingerprint density at radius 3 is 2.38 bits per heavy atom. The minimum absolute atomic E-state index is 0.0988. The summed E-state index contributed by atoms with van der Waals surface area (Å²) in [5.74, 6) is 2.31. The van der Waals surface area contributed by atoms with E-state index in [2.05, 4.69) is 44.7 Å². The van der Waals surface area contributed by atoms with Crippen molar-refractivity contribution in [1.29, 1.82) is 0 Å². The molecule has 1 aromatic carbocycles. The zero-order chi connectivity index (χ0) is 19.3. The lowest BCUT2D eigenvalue weighted by Crippen LogP contribution is -2.45. The van der Waals surface area contributed by atoms with Gasteiger partial charge in [-0.25, -0.2) is 0 Å². The van der Waals surface area contributed by atoms with Gasteiger partial charge in [0.2, 0.25) is 5.91 Å². The molecule has 1 aliphatic rings. The molecule has 1 amide bonds. The Labute approximate surface area is 158 Å². The number of benzene rings is 1. The number of hydrogen-bond donors (Lipinski definition) is 0. The number of ether oxygens (including phenoxy) is 2. The summed E-state index contributed by atoms with van der Waals surface area (Å²) >= 11 is 0. The number of fused-ring (bicyclic) bond motifs is 1. The van der Waals surface area contributed by atoms with Crippen LogP contribution in [0.4, 0.5) is 0 Å². The highest BCUT2D eigenvalue weighted by Gasteiger charge is 2.36. The second-order valence-electron chi connectivity index (χ2n) is 7.62. The Balaban J connectivity index is 2.38. The van der Waals surface area contributed by atoms with Crippen LogP contribution in [-0.4, -0.2) is 31.6 Å². The fourth-order valence-corrected chi connectivity index (χ4v) is 4.13. The molecule has 0 aromatic heterocycles. The highest BCUT2D eigenvalue weighted by molar-refractivity contribution is 5.80. The number of hydrogen-bond acceptors (Lipinski definition) is 3. The number of rotatable bonds is 8. The Morgan fingerprint density at radius 2 is 1.85 bits per heavy atom. The fraction of sp³-hybridized carbons (Fsp3) is 0.682. The van der Waals surface area contributed by atoms with Crippen LogP contribution in [0, 0.1) is 11.8 Å². The molecule has 0 radical (unpaired) electrons. The first-order valence-electron chi connectivity index (χ1n) is 10.0. The molecule has 0 aliphatic carbocycles. The smallest absolute Gasteiger partial charge is 0.226 e. The quantitative estimate of drug-likeness (QED) is 0.654. The third-order valence-corrected chi connectivity index (χ3v) is 5.58. The molecule has 0 unspecified atom stereocenters. The van der Waals surface area contributed by atoms with Crippen molar-refractivity contribution in [2.24, 2.45) is 11.8 Å². The van der Waals surface area contributed by atoms with E-state index in [4.69, 9.17) is 9.47 Å². The average Bonchev–Trinajstić information content (AvgIpc) is 2.65. The molecule has 1 aromatic rings. The van der Waals surface area contributed by atoms with E-state index in [1.807, 2.05) is 0 Å². The summed E-state index contributed by atoms with van der Waals surface area (Å²) in [6, 6.07) is 4.26. The van der Waals surface area contributed by atoms with Crippen LogP contribution in [0.5, 0.6) is 11.5 Å². The Kier molecular flexibility index (Phi) is 7.36. The molecule has 4 nitrogen and oxygen atoms in total. The number of methoxy groups -OCH3 is 2. The SMILES string of the molecule is CCCC[C@@H](CC)C(=O)N1CCc2cc(OC)c(OC)cc2[C@@H]1C(C)C. The van der Waals surface area contributed by atoms with E-state index in [1.54, 1.807) is 14.2 Å². The van der Waals surface area contributed by atoms with Gasteiger partial charge in [-0.3, -0.25) is 4.79 Å². The Morgan fingerprint density at radius 1 is 1.19 bits per heavy atom. The van der Waals surface area contributed by atoms with Gasteiger partial charge < -0.3 is 14.4 Å². The molecule has 26 heavy (non-hydrogen) atoms. The molecule has 1 heterocycles. The molecule has 1 aliphatic heterocycles. The zero-order valence-corrected chi connectivity index (χ0v) is 17.3.